The number of anilines is 2. The number of amides is 1. The van der Waals surface area contributed by atoms with Gasteiger partial charge in [0.2, 0.25) is 0 Å². The van der Waals surface area contributed by atoms with Crippen LogP contribution in [0.3, 0.4) is 0 Å². The van der Waals surface area contributed by atoms with Crippen LogP contribution < -0.4 is 10.6 Å². The maximum Gasteiger partial charge on any atom is 0.416 e. The third-order valence-electron chi connectivity index (χ3n) is 4.84. The first kappa shape index (κ1) is 20.1. The molecule has 1 aliphatic carbocycles. The van der Waals surface area contributed by atoms with E-state index in [-0.39, 0.29) is 11.8 Å². The number of carbonyl (C=O) groups is 1. The molecule has 1 aromatic heterocycles. The number of benzene rings is 1. The molecule has 1 fully saturated rings. The van der Waals surface area contributed by atoms with Crippen molar-refractivity contribution < 1.29 is 23.1 Å². The van der Waals surface area contributed by atoms with Crippen LogP contribution in [0.4, 0.5) is 24.7 Å². The van der Waals surface area contributed by atoms with E-state index in [1.165, 1.54) is 12.1 Å². The summed E-state index contributed by atoms with van der Waals surface area (Å²) in [6.07, 6.45) is 0.365. The molecule has 0 saturated heterocycles. The topological polar surface area (TPSA) is 74.2 Å². The Balaban J connectivity index is 1.65. The first-order chi connectivity index (χ1) is 13.3. The largest absolute Gasteiger partial charge is 0.416 e. The molecular weight excluding hydrogens is 371 g/mol. The molecule has 1 amide bonds. The van der Waals surface area contributed by atoms with Gasteiger partial charge in [-0.15, -0.1) is 0 Å². The summed E-state index contributed by atoms with van der Waals surface area (Å²) >= 11 is 0. The highest BCUT2D eigenvalue weighted by Gasteiger charge is 2.30. The van der Waals surface area contributed by atoms with Crippen molar-refractivity contribution in [1.82, 2.24) is 4.98 Å². The van der Waals surface area contributed by atoms with Crippen LogP contribution in [0.5, 0.6) is 0 Å². The zero-order chi connectivity index (χ0) is 20.1. The van der Waals surface area contributed by atoms with Crippen molar-refractivity contribution in [2.24, 2.45) is 5.92 Å². The van der Waals surface area contributed by atoms with E-state index < -0.39 is 17.6 Å². The number of pyridine rings is 1. The Labute approximate surface area is 161 Å². The Morgan fingerprint density at radius 2 is 1.93 bits per heavy atom. The van der Waals surface area contributed by atoms with Gasteiger partial charge in [-0.05, 0) is 61.6 Å². The number of aliphatic hydroxyl groups excluding tert-OH is 1. The third kappa shape index (κ3) is 5.22. The highest BCUT2D eigenvalue weighted by molar-refractivity contribution is 6.07. The van der Waals surface area contributed by atoms with E-state index >= 15 is 0 Å². The summed E-state index contributed by atoms with van der Waals surface area (Å²) in [5, 5.41) is 15.5. The molecule has 3 rings (SSSR count). The Hall–Kier alpha value is -2.61. The fourth-order valence-corrected chi connectivity index (χ4v) is 3.36. The SMILES string of the molecule is O=C(Nc1ccc(C(F)(F)F)cc1)c1cccnc1NC[C@@H]1CCC[C@H](O)C1. The summed E-state index contributed by atoms with van der Waals surface area (Å²) in [4.78, 5) is 16.8. The highest BCUT2D eigenvalue weighted by atomic mass is 19.4. The lowest BCUT2D eigenvalue weighted by atomic mass is 9.87. The predicted molar refractivity (Wildman–Crippen MR) is 100 cm³/mol. The van der Waals surface area contributed by atoms with Crippen molar-refractivity contribution in [3.8, 4) is 0 Å². The van der Waals surface area contributed by atoms with Crippen LogP contribution in [0, 0.1) is 5.92 Å². The lowest BCUT2D eigenvalue weighted by molar-refractivity contribution is -0.137. The molecule has 1 saturated carbocycles. The molecule has 1 aromatic carbocycles. The fourth-order valence-electron chi connectivity index (χ4n) is 3.36. The molecular formula is C20H22F3N3O2. The minimum absolute atomic E-state index is 0.267. The van der Waals surface area contributed by atoms with Gasteiger partial charge in [-0.2, -0.15) is 13.2 Å². The van der Waals surface area contributed by atoms with E-state index in [0.29, 0.717) is 30.3 Å². The molecule has 0 bridgehead atoms. The van der Waals surface area contributed by atoms with Crippen molar-refractivity contribution in [2.75, 3.05) is 17.2 Å². The number of hydrogen-bond donors (Lipinski definition) is 3. The van der Waals surface area contributed by atoms with Gasteiger partial charge in [0.25, 0.3) is 5.91 Å². The monoisotopic (exact) mass is 393 g/mol. The van der Waals surface area contributed by atoms with Crippen LogP contribution in [0.1, 0.15) is 41.6 Å². The van der Waals surface area contributed by atoms with Gasteiger partial charge in [0.1, 0.15) is 5.82 Å². The molecule has 2 aromatic rings. The second-order valence-electron chi connectivity index (χ2n) is 7.00. The van der Waals surface area contributed by atoms with E-state index in [9.17, 15) is 23.1 Å². The molecule has 2 atom stereocenters. The molecule has 3 N–H and O–H groups in total. The van der Waals surface area contributed by atoms with E-state index in [2.05, 4.69) is 15.6 Å². The lowest BCUT2D eigenvalue weighted by Crippen LogP contribution is -2.26. The van der Waals surface area contributed by atoms with Gasteiger partial charge < -0.3 is 15.7 Å². The Bertz CT molecular complexity index is 809. The predicted octanol–water partition coefficient (Wildman–Crippen LogP) is 4.32. The van der Waals surface area contributed by atoms with Crippen LogP contribution in [0.2, 0.25) is 0 Å². The summed E-state index contributed by atoms with van der Waals surface area (Å²) in [5.41, 5.74) is -0.203. The molecule has 5 nitrogen and oxygen atoms in total. The molecule has 8 heteroatoms. The average Bonchev–Trinajstić information content (AvgIpc) is 2.66. The van der Waals surface area contributed by atoms with Crippen LogP contribution >= 0.6 is 0 Å². The molecule has 1 aliphatic rings. The summed E-state index contributed by atoms with van der Waals surface area (Å²) in [7, 11) is 0. The van der Waals surface area contributed by atoms with E-state index in [0.717, 1.165) is 31.4 Å². The first-order valence-corrected chi connectivity index (χ1v) is 9.18. The van der Waals surface area contributed by atoms with Gasteiger partial charge in [0.15, 0.2) is 0 Å². The van der Waals surface area contributed by atoms with Crippen molar-refractivity contribution in [1.29, 1.82) is 0 Å². The van der Waals surface area contributed by atoms with Crippen LogP contribution in [0.25, 0.3) is 0 Å². The zero-order valence-electron chi connectivity index (χ0n) is 15.2. The van der Waals surface area contributed by atoms with E-state index in [1.54, 1.807) is 18.3 Å². The maximum absolute atomic E-state index is 12.6. The molecule has 0 spiro atoms. The smallest absolute Gasteiger partial charge is 0.393 e. The third-order valence-corrected chi connectivity index (χ3v) is 4.84. The summed E-state index contributed by atoms with van der Waals surface area (Å²) in [6, 6.07) is 7.50. The normalized spacial score (nSPS) is 19.9. The molecule has 150 valence electrons. The number of alkyl halides is 3. The molecule has 1 heterocycles. The maximum atomic E-state index is 12.6. The number of aliphatic hydroxyl groups is 1. The van der Waals surface area contributed by atoms with Crippen LogP contribution in [-0.2, 0) is 6.18 Å². The number of nitrogens with one attached hydrogen (secondary N) is 2. The molecule has 0 unspecified atom stereocenters. The van der Waals surface area contributed by atoms with Gasteiger partial charge in [-0.3, -0.25) is 4.79 Å². The second kappa shape index (κ2) is 8.60. The number of rotatable bonds is 5. The van der Waals surface area contributed by atoms with Crippen molar-refractivity contribution in [3.05, 3.63) is 53.7 Å². The number of hydrogen-bond acceptors (Lipinski definition) is 4. The molecule has 0 radical (unpaired) electrons. The van der Waals surface area contributed by atoms with Crippen molar-refractivity contribution >= 4 is 17.4 Å². The standard InChI is InChI=1S/C20H22F3N3O2/c21-20(22,23)14-6-8-15(9-7-14)26-19(28)17-5-2-10-24-18(17)25-12-13-3-1-4-16(27)11-13/h2,5-10,13,16,27H,1,3-4,11-12H2,(H,24,25)(H,26,28)/t13-,16+/m1/s1. The molecule has 0 aliphatic heterocycles. The number of nitrogens with zero attached hydrogens (tertiary/aromatic N) is 1. The Kier molecular flexibility index (Phi) is 6.18. The van der Waals surface area contributed by atoms with Gasteiger partial charge in [-0.25, -0.2) is 4.98 Å². The zero-order valence-corrected chi connectivity index (χ0v) is 15.2. The molecule has 28 heavy (non-hydrogen) atoms. The highest BCUT2D eigenvalue weighted by Crippen LogP contribution is 2.30. The summed E-state index contributed by atoms with van der Waals surface area (Å²) in [6.45, 7) is 0.592. The van der Waals surface area contributed by atoms with Crippen molar-refractivity contribution in [2.45, 2.75) is 38.0 Å². The number of carbonyl (C=O) groups excluding carboxylic acids is 1. The van der Waals surface area contributed by atoms with E-state index in [4.69, 9.17) is 0 Å². The fraction of sp³-hybridized carbons (Fsp3) is 0.400. The van der Waals surface area contributed by atoms with Gasteiger partial charge >= 0.3 is 6.18 Å². The van der Waals surface area contributed by atoms with Crippen molar-refractivity contribution in [3.63, 3.8) is 0 Å². The number of halogens is 3. The minimum Gasteiger partial charge on any atom is -0.393 e. The minimum atomic E-state index is -4.42. The summed E-state index contributed by atoms with van der Waals surface area (Å²) < 4.78 is 37.9. The number of aromatic nitrogens is 1. The quantitative estimate of drug-likeness (QED) is 0.708. The van der Waals surface area contributed by atoms with Gasteiger partial charge in [0.05, 0.1) is 17.2 Å². The summed E-state index contributed by atoms with van der Waals surface area (Å²) in [5.74, 6) is 0.252. The Morgan fingerprint density at radius 1 is 1.18 bits per heavy atom. The van der Waals surface area contributed by atoms with Crippen LogP contribution in [-0.4, -0.2) is 28.6 Å². The lowest BCUT2D eigenvalue weighted by Gasteiger charge is -2.26. The van der Waals surface area contributed by atoms with Crippen LogP contribution in [0.15, 0.2) is 42.6 Å². The second-order valence-corrected chi connectivity index (χ2v) is 7.00. The average molecular weight is 393 g/mol. The Morgan fingerprint density at radius 3 is 2.61 bits per heavy atom. The van der Waals surface area contributed by atoms with Gasteiger partial charge in [0, 0.05) is 18.4 Å². The van der Waals surface area contributed by atoms with Gasteiger partial charge in [-0.1, -0.05) is 6.42 Å². The first-order valence-electron chi connectivity index (χ1n) is 9.18. The van der Waals surface area contributed by atoms with E-state index in [1.807, 2.05) is 0 Å².